The Morgan fingerprint density at radius 1 is 1.11 bits per heavy atom. The fourth-order valence-electron chi connectivity index (χ4n) is 4.37. The van der Waals surface area contributed by atoms with E-state index < -0.39 is 12.4 Å². The topological polar surface area (TPSA) is 111 Å². The first-order valence-electron chi connectivity index (χ1n) is 13.5. The van der Waals surface area contributed by atoms with E-state index >= 15 is 0 Å². The summed E-state index contributed by atoms with van der Waals surface area (Å²) >= 11 is 7.59. The van der Waals surface area contributed by atoms with Gasteiger partial charge >= 0.3 is 12.4 Å². The van der Waals surface area contributed by atoms with Crippen molar-refractivity contribution in [3.8, 4) is 17.2 Å². The standard InChI is InChI=1S/C30H26ClF3N6O4S/c1-17(2)22-10-4-18(3)12-25(22)40-27(41)15-45-29(40)37-28(42)36-24-11-9-21(13-23(24)31)43-14-26-35-16-39(38-26)19-5-7-20(8-6-19)44-30(32,33)34/h4-13,16-17H,14-15H2,1-3H3,(H,36,42)/b37-29-. The summed E-state index contributed by atoms with van der Waals surface area (Å²) in [6.45, 7) is 5.97. The average molecular weight is 659 g/mol. The van der Waals surface area contributed by atoms with Gasteiger partial charge in [-0.15, -0.1) is 18.3 Å². The summed E-state index contributed by atoms with van der Waals surface area (Å²) in [5.41, 5.74) is 3.42. The molecule has 0 atom stereocenters. The van der Waals surface area contributed by atoms with Crippen molar-refractivity contribution < 1.29 is 32.2 Å². The highest BCUT2D eigenvalue weighted by Crippen LogP contribution is 2.34. The lowest BCUT2D eigenvalue weighted by atomic mass is 9.99. The molecule has 0 bridgehead atoms. The molecule has 1 aliphatic rings. The molecule has 1 saturated heterocycles. The monoisotopic (exact) mass is 658 g/mol. The predicted molar refractivity (Wildman–Crippen MR) is 165 cm³/mol. The number of carbonyl (C=O) groups is 2. The Morgan fingerprint density at radius 3 is 2.53 bits per heavy atom. The Hall–Kier alpha value is -4.56. The normalized spacial score (nSPS) is 14.4. The van der Waals surface area contributed by atoms with Crippen LogP contribution in [0.1, 0.15) is 36.7 Å². The molecule has 234 valence electrons. The van der Waals surface area contributed by atoms with Gasteiger partial charge < -0.3 is 14.8 Å². The molecule has 0 aliphatic carbocycles. The number of aliphatic imine (C=N–C) groups is 1. The van der Waals surface area contributed by atoms with Crippen LogP contribution < -0.4 is 19.7 Å². The molecule has 1 aliphatic heterocycles. The summed E-state index contributed by atoms with van der Waals surface area (Å²) in [4.78, 5) is 35.5. The summed E-state index contributed by atoms with van der Waals surface area (Å²) in [7, 11) is 0. The lowest BCUT2D eigenvalue weighted by molar-refractivity contribution is -0.274. The zero-order chi connectivity index (χ0) is 32.3. The van der Waals surface area contributed by atoms with Gasteiger partial charge in [0.15, 0.2) is 11.0 Å². The second kappa shape index (κ2) is 13.2. The van der Waals surface area contributed by atoms with Gasteiger partial charge in [-0.2, -0.15) is 4.99 Å². The van der Waals surface area contributed by atoms with E-state index in [-0.39, 0.29) is 45.8 Å². The highest BCUT2D eigenvalue weighted by atomic mass is 35.5. The van der Waals surface area contributed by atoms with E-state index in [0.717, 1.165) is 11.1 Å². The SMILES string of the molecule is Cc1ccc(C(C)C)c(N2C(=O)CS/C2=N\C(=O)Nc2ccc(OCc3ncn(-c4ccc(OC(F)(F)F)cc4)n3)cc2Cl)c1. The lowest BCUT2D eigenvalue weighted by Crippen LogP contribution is -2.31. The van der Waals surface area contributed by atoms with Crippen molar-refractivity contribution >= 4 is 51.8 Å². The van der Waals surface area contributed by atoms with Gasteiger partial charge in [0.05, 0.1) is 27.8 Å². The fourth-order valence-corrected chi connectivity index (χ4v) is 5.45. The molecule has 45 heavy (non-hydrogen) atoms. The van der Waals surface area contributed by atoms with Crippen LogP contribution in [-0.2, 0) is 11.4 Å². The number of ether oxygens (including phenoxy) is 2. The van der Waals surface area contributed by atoms with Crippen LogP contribution in [0, 0.1) is 6.92 Å². The first-order chi connectivity index (χ1) is 21.4. The van der Waals surface area contributed by atoms with E-state index in [2.05, 4.69) is 25.1 Å². The Kier molecular flexibility index (Phi) is 9.34. The van der Waals surface area contributed by atoms with Crippen LogP contribution in [0.3, 0.4) is 0 Å². The highest BCUT2D eigenvalue weighted by molar-refractivity contribution is 8.15. The number of hydrogen-bond donors (Lipinski definition) is 1. The molecule has 0 radical (unpaired) electrons. The first kappa shape index (κ1) is 31.9. The number of amides is 3. The van der Waals surface area contributed by atoms with Gasteiger partial charge in [-0.1, -0.05) is 49.3 Å². The van der Waals surface area contributed by atoms with Crippen LogP contribution in [0.2, 0.25) is 5.02 Å². The number of halogens is 4. The quantitative estimate of drug-likeness (QED) is 0.209. The van der Waals surface area contributed by atoms with Crippen LogP contribution in [0.4, 0.5) is 29.3 Å². The maximum Gasteiger partial charge on any atom is 0.573 e. The molecule has 3 amide bonds. The van der Waals surface area contributed by atoms with Gasteiger partial charge in [-0.25, -0.2) is 14.5 Å². The molecule has 3 aromatic carbocycles. The zero-order valence-electron chi connectivity index (χ0n) is 24.1. The minimum atomic E-state index is -4.78. The number of nitrogens with one attached hydrogen (secondary N) is 1. The number of rotatable bonds is 8. The lowest BCUT2D eigenvalue weighted by Gasteiger charge is -2.22. The van der Waals surface area contributed by atoms with E-state index in [1.54, 1.807) is 12.1 Å². The van der Waals surface area contributed by atoms with Crippen LogP contribution >= 0.6 is 23.4 Å². The molecule has 2 heterocycles. The number of benzene rings is 3. The summed E-state index contributed by atoms with van der Waals surface area (Å²) in [6.07, 6.45) is -3.39. The van der Waals surface area contributed by atoms with Gasteiger partial charge in [0, 0.05) is 6.07 Å². The molecule has 0 spiro atoms. The Morgan fingerprint density at radius 2 is 1.84 bits per heavy atom. The molecule has 0 unspecified atom stereocenters. The number of aromatic nitrogens is 3. The Balaban J connectivity index is 1.21. The molecule has 1 aromatic heterocycles. The number of aryl methyl sites for hydroxylation is 1. The molecule has 0 saturated carbocycles. The van der Waals surface area contributed by atoms with Crippen LogP contribution in [0.25, 0.3) is 5.69 Å². The second-order valence-corrected chi connectivity index (χ2v) is 11.5. The minimum Gasteiger partial charge on any atom is -0.485 e. The van der Waals surface area contributed by atoms with Crippen LogP contribution in [0.15, 0.2) is 72.0 Å². The number of amidine groups is 1. The average Bonchev–Trinajstić information content (AvgIpc) is 3.59. The number of alkyl halides is 3. The summed E-state index contributed by atoms with van der Waals surface area (Å²) < 4.78 is 48.1. The van der Waals surface area contributed by atoms with Crippen molar-refractivity contribution in [2.24, 2.45) is 4.99 Å². The van der Waals surface area contributed by atoms with Crippen LogP contribution in [-0.4, -0.2) is 44.0 Å². The molecular weight excluding hydrogens is 633 g/mol. The third-order valence-corrected chi connectivity index (χ3v) is 7.67. The van der Waals surface area contributed by atoms with Crippen LogP contribution in [0.5, 0.6) is 11.5 Å². The zero-order valence-corrected chi connectivity index (χ0v) is 25.7. The third kappa shape index (κ3) is 7.94. The van der Waals surface area contributed by atoms with Gasteiger partial charge in [0.1, 0.15) is 24.4 Å². The van der Waals surface area contributed by atoms with Crippen molar-refractivity contribution in [2.45, 2.75) is 39.7 Å². The van der Waals surface area contributed by atoms with E-state index in [1.807, 2.05) is 39.0 Å². The maximum absolute atomic E-state index is 12.9. The fraction of sp³-hybridized carbons (Fsp3) is 0.233. The van der Waals surface area contributed by atoms with Gasteiger partial charge in [0.25, 0.3) is 0 Å². The second-order valence-electron chi connectivity index (χ2n) is 10.1. The number of anilines is 2. The molecule has 4 aromatic rings. The van der Waals surface area contributed by atoms with E-state index in [4.69, 9.17) is 16.3 Å². The highest BCUT2D eigenvalue weighted by Gasteiger charge is 2.33. The largest absolute Gasteiger partial charge is 0.573 e. The molecule has 10 nitrogen and oxygen atoms in total. The number of urea groups is 1. The smallest absolute Gasteiger partial charge is 0.485 e. The molecule has 1 N–H and O–H groups in total. The summed E-state index contributed by atoms with van der Waals surface area (Å²) in [5.74, 6) is 0.487. The number of hydrogen-bond acceptors (Lipinski definition) is 7. The maximum atomic E-state index is 12.9. The summed E-state index contributed by atoms with van der Waals surface area (Å²) in [6, 6.07) is 15.0. The van der Waals surface area contributed by atoms with E-state index in [9.17, 15) is 22.8 Å². The van der Waals surface area contributed by atoms with Crippen molar-refractivity contribution in [1.82, 2.24) is 14.8 Å². The number of carbonyl (C=O) groups excluding carboxylic acids is 2. The Bertz CT molecular complexity index is 1760. The predicted octanol–water partition coefficient (Wildman–Crippen LogP) is 7.50. The van der Waals surface area contributed by atoms with Gasteiger partial charge in [-0.3, -0.25) is 9.69 Å². The molecule has 1 fully saturated rings. The number of nitrogens with zero attached hydrogens (tertiary/aromatic N) is 5. The van der Waals surface area contributed by atoms with Gasteiger partial charge in [0.2, 0.25) is 5.91 Å². The summed E-state index contributed by atoms with van der Waals surface area (Å²) in [5, 5.41) is 7.38. The third-order valence-electron chi connectivity index (χ3n) is 6.44. The van der Waals surface area contributed by atoms with Crippen molar-refractivity contribution in [3.05, 3.63) is 89.0 Å². The minimum absolute atomic E-state index is 0.0314. The molecule has 15 heteroatoms. The molecular formula is C30H26ClF3N6O4S. The van der Waals surface area contributed by atoms with Gasteiger partial charge in [-0.05, 0) is 66.4 Å². The van der Waals surface area contributed by atoms with E-state index in [0.29, 0.717) is 22.9 Å². The molecule has 5 rings (SSSR count). The van der Waals surface area contributed by atoms with Crippen molar-refractivity contribution in [3.63, 3.8) is 0 Å². The van der Waals surface area contributed by atoms with Crippen molar-refractivity contribution in [2.75, 3.05) is 16.0 Å². The van der Waals surface area contributed by atoms with Crippen molar-refractivity contribution in [1.29, 1.82) is 0 Å². The van der Waals surface area contributed by atoms with E-state index in [1.165, 1.54) is 58.0 Å². The first-order valence-corrected chi connectivity index (χ1v) is 14.9. The number of thioether (sulfide) groups is 1. The Labute approximate surface area is 265 Å².